The summed E-state index contributed by atoms with van der Waals surface area (Å²) in [5, 5.41) is 19.1. The topological polar surface area (TPSA) is 85.9 Å². The van der Waals surface area contributed by atoms with Crippen molar-refractivity contribution in [1.82, 2.24) is 14.8 Å². The van der Waals surface area contributed by atoms with Crippen LogP contribution in [-0.4, -0.2) is 19.7 Å². The van der Waals surface area contributed by atoms with E-state index in [9.17, 15) is 10.1 Å². The van der Waals surface area contributed by atoms with Crippen LogP contribution in [0.25, 0.3) is 10.9 Å². The molecule has 106 valence electrons. The number of aryl methyl sites for hydroxylation is 1. The zero-order chi connectivity index (χ0) is 14.8. The van der Waals surface area contributed by atoms with Crippen LogP contribution in [0.4, 0.5) is 11.4 Å². The van der Waals surface area contributed by atoms with E-state index in [-0.39, 0.29) is 5.69 Å². The number of hydrogen-bond donors (Lipinski definition) is 1. The van der Waals surface area contributed by atoms with Crippen LogP contribution >= 0.6 is 0 Å². The van der Waals surface area contributed by atoms with Crippen molar-refractivity contribution in [2.24, 2.45) is 7.05 Å². The number of anilines is 1. The van der Waals surface area contributed by atoms with E-state index in [4.69, 9.17) is 0 Å². The summed E-state index contributed by atoms with van der Waals surface area (Å²) < 4.78 is 1.73. The van der Waals surface area contributed by atoms with Crippen LogP contribution in [0.3, 0.4) is 0 Å². The van der Waals surface area contributed by atoms with Gasteiger partial charge in [-0.2, -0.15) is 5.10 Å². The zero-order valence-electron chi connectivity index (χ0n) is 11.4. The molecule has 0 aliphatic carbocycles. The second-order valence-corrected chi connectivity index (χ2v) is 4.62. The van der Waals surface area contributed by atoms with Crippen LogP contribution in [0.1, 0.15) is 5.69 Å². The minimum absolute atomic E-state index is 0.0569. The monoisotopic (exact) mass is 283 g/mol. The Morgan fingerprint density at radius 2 is 2.19 bits per heavy atom. The molecule has 0 spiro atoms. The third-order valence-electron chi connectivity index (χ3n) is 3.17. The van der Waals surface area contributed by atoms with Crippen molar-refractivity contribution in [2.75, 3.05) is 5.32 Å². The highest BCUT2D eigenvalue weighted by Crippen LogP contribution is 2.29. The molecule has 7 heteroatoms. The van der Waals surface area contributed by atoms with E-state index >= 15 is 0 Å². The Hall–Kier alpha value is -2.96. The highest BCUT2D eigenvalue weighted by molar-refractivity contribution is 5.96. The molecule has 0 atom stereocenters. The highest BCUT2D eigenvalue weighted by Gasteiger charge is 2.14. The number of pyridine rings is 1. The minimum Gasteiger partial charge on any atom is -0.378 e. The summed E-state index contributed by atoms with van der Waals surface area (Å²) in [6.07, 6.45) is 3.49. The fourth-order valence-corrected chi connectivity index (χ4v) is 2.20. The summed E-state index contributed by atoms with van der Waals surface area (Å²) in [6, 6.07) is 8.47. The molecule has 0 saturated heterocycles. The van der Waals surface area contributed by atoms with E-state index in [0.29, 0.717) is 17.4 Å². The van der Waals surface area contributed by atoms with E-state index in [1.165, 1.54) is 6.07 Å². The summed E-state index contributed by atoms with van der Waals surface area (Å²) >= 11 is 0. The number of benzene rings is 1. The van der Waals surface area contributed by atoms with Gasteiger partial charge in [-0.25, -0.2) is 0 Å². The number of nitrogens with one attached hydrogen (secondary N) is 1. The van der Waals surface area contributed by atoms with Crippen molar-refractivity contribution >= 4 is 22.3 Å². The van der Waals surface area contributed by atoms with Crippen molar-refractivity contribution < 1.29 is 4.92 Å². The summed E-state index contributed by atoms with van der Waals surface area (Å²) in [5.74, 6) is 0. The molecule has 0 unspecified atom stereocenters. The molecule has 0 fully saturated rings. The van der Waals surface area contributed by atoms with Crippen LogP contribution in [0, 0.1) is 10.1 Å². The first-order valence-electron chi connectivity index (χ1n) is 6.39. The van der Waals surface area contributed by atoms with Gasteiger partial charge in [0.1, 0.15) is 5.52 Å². The predicted molar refractivity (Wildman–Crippen MR) is 78.9 cm³/mol. The lowest BCUT2D eigenvalue weighted by Crippen LogP contribution is -2.03. The van der Waals surface area contributed by atoms with Crippen molar-refractivity contribution in [1.29, 1.82) is 0 Å². The fourth-order valence-electron chi connectivity index (χ4n) is 2.20. The number of rotatable bonds is 4. The van der Waals surface area contributed by atoms with Gasteiger partial charge in [-0.15, -0.1) is 0 Å². The molecule has 3 rings (SSSR count). The van der Waals surface area contributed by atoms with Gasteiger partial charge in [0.15, 0.2) is 0 Å². The molecule has 3 aromatic rings. The maximum absolute atomic E-state index is 11.1. The summed E-state index contributed by atoms with van der Waals surface area (Å²) in [4.78, 5) is 14.9. The lowest BCUT2D eigenvalue weighted by atomic mass is 10.1. The Morgan fingerprint density at radius 1 is 1.33 bits per heavy atom. The Kier molecular flexibility index (Phi) is 3.23. The molecule has 2 aromatic heterocycles. The first-order chi connectivity index (χ1) is 10.1. The van der Waals surface area contributed by atoms with E-state index in [0.717, 1.165) is 11.4 Å². The van der Waals surface area contributed by atoms with Gasteiger partial charge in [-0.3, -0.25) is 19.8 Å². The maximum Gasteiger partial charge on any atom is 0.278 e. The number of nitrogens with zero attached hydrogens (tertiary/aromatic N) is 4. The molecule has 0 aliphatic rings. The molecular formula is C14H13N5O2. The summed E-state index contributed by atoms with van der Waals surface area (Å²) in [7, 11) is 1.85. The average molecular weight is 283 g/mol. The third kappa shape index (κ3) is 2.53. The second-order valence-electron chi connectivity index (χ2n) is 4.62. The molecule has 0 saturated carbocycles. The third-order valence-corrected chi connectivity index (χ3v) is 3.17. The number of nitro benzene ring substituents is 1. The first-order valence-corrected chi connectivity index (χ1v) is 6.39. The number of non-ortho nitro benzene ring substituents is 1. The van der Waals surface area contributed by atoms with Gasteiger partial charge in [0, 0.05) is 25.5 Å². The number of hydrogen-bond acceptors (Lipinski definition) is 5. The normalized spacial score (nSPS) is 10.7. The van der Waals surface area contributed by atoms with E-state index < -0.39 is 4.92 Å². The standard InChI is InChI=1S/C14H13N5O2/c1-18-8-6-10(17-18)9-16-12-4-5-13(19(20)21)11-3-2-7-15-14(11)12/h2-8,16H,9H2,1H3. The summed E-state index contributed by atoms with van der Waals surface area (Å²) in [6.45, 7) is 0.532. The van der Waals surface area contributed by atoms with Crippen molar-refractivity contribution in [3.8, 4) is 0 Å². The van der Waals surface area contributed by atoms with Crippen LogP contribution in [-0.2, 0) is 13.6 Å². The van der Waals surface area contributed by atoms with E-state index in [1.54, 1.807) is 29.1 Å². The lowest BCUT2D eigenvalue weighted by Gasteiger charge is -2.08. The number of nitro groups is 1. The molecule has 2 heterocycles. The van der Waals surface area contributed by atoms with Crippen molar-refractivity contribution in [3.05, 3.63) is 58.5 Å². The average Bonchev–Trinajstić information content (AvgIpc) is 2.90. The van der Waals surface area contributed by atoms with E-state index in [2.05, 4.69) is 15.4 Å². The first kappa shape index (κ1) is 13.0. The van der Waals surface area contributed by atoms with Crippen LogP contribution in [0.15, 0.2) is 42.7 Å². The van der Waals surface area contributed by atoms with Gasteiger partial charge in [-0.05, 0) is 24.3 Å². The molecule has 7 nitrogen and oxygen atoms in total. The van der Waals surface area contributed by atoms with Gasteiger partial charge < -0.3 is 5.32 Å². The van der Waals surface area contributed by atoms with E-state index in [1.807, 2.05) is 19.3 Å². The predicted octanol–water partition coefficient (Wildman–Crippen LogP) is 2.49. The Labute approximate surface area is 120 Å². The van der Waals surface area contributed by atoms with Crippen LogP contribution < -0.4 is 5.32 Å². The zero-order valence-corrected chi connectivity index (χ0v) is 11.4. The van der Waals surface area contributed by atoms with Gasteiger partial charge in [0.05, 0.1) is 28.2 Å². The molecular weight excluding hydrogens is 270 g/mol. The molecule has 0 amide bonds. The Morgan fingerprint density at radius 3 is 2.90 bits per heavy atom. The maximum atomic E-state index is 11.1. The largest absolute Gasteiger partial charge is 0.378 e. The lowest BCUT2D eigenvalue weighted by molar-refractivity contribution is -0.383. The summed E-state index contributed by atoms with van der Waals surface area (Å²) in [5.41, 5.74) is 2.28. The van der Waals surface area contributed by atoms with Crippen LogP contribution in [0.2, 0.25) is 0 Å². The second kappa shape index (κ2) is 5.20. The Bertz CT molecular complexity index is 812. The number of aromatic nitrogens is 3. The smallest absolute Gasteiger partial charge is 0.278 e. The fraction of sp³-hybridized carbons (Fsp3) is 0.143. The van der Waals surface area contributed by atoms with Crippen LogP contribution in [0.5, 0.6) is 0 Å². The van der Waals surface area contributed by atoms with Gasteiger partial charge in [-0.1, -0.05) is 0 Å². The quantitative estimate of drug-likeness (QED) is 0.587. The van der Waals surface area contributed by atoms with Gasteiger partial charge in [0.25, 0.3) is 5.69 Å². The van der Waals surface area contributed by atoms with Gasteiger partial charge >= 0.3 is 0 Å². The Balaban J connectivity index is 1.96. The number of fused-ring (bicyclic) bond motifs is 1. The van der Waals surface area contributed by atoms with Crippen molar-refractivity contribution in [3.63, 3.8) is 0 Å². The SMILES string of the molecule is Cn1ccc(CNc2ccc([N+](=O)[O-])c3cccnc23)n1. The molecule has 0 radical (unpaired) electrons. The van der Waals surface area contributed by atoms with Crippen molar-refractivity contribution in [2.45, 2.75) is 6.54 Å². The molecule has 1 aromatic carbocycles. The molecule has 0 aliphatic heterocycles. The molecule has 21 heavy (non-hydrogen) atoms. The molecule has 1 N–H and O–H groups in total. The minimum atomic E-state index is -0.396. The highest BCUT2D eigenvalue weighted by atomic mass is 16.6. The van der Waals surface area contributed by atoms with Gasteiger partial charge in [0.2, 0.25) is 0 Å². The molecule has 0 bridgehead atoms.